The van der Waals surface area contributed by atoms with Crippen LogP contribution in [0.15, 0.2) is 0 Å². The maximum Gasteiger partial charge on any atom is 0.410 e. The molecule has 1 heterocycles. The van der Waals surface area contributed by atoms with Crippen LogP contribution in [0.5, 0.6) is 0 Å². The molecule has 0 aromatic rings. The van der Waals surface area contributed by atoms with E-state index in [9.17, 15) is 9.90 Å². The lowest BCUT2D eigenvalue weighted by Gasteiger charge is -2.38. The third kappa shape index (κ3) is 8.56. The second-order valence-electron chi connectivity index (χ2n) is 7.78. The first-order valence-electron chi connectivity index (χ1n) is 9.17. The molecule has 0 unspecified atom stereocenters. The molecule has 1 fully saturated rings. The Morgan fingerprint density at radius 2 is 1.78 bits per heavy atom. The van der Waals surface area contributed by atoms with E-state index in [-0.39, 0.29) is 6.09 Å². The Morgan fingerprint density at radius 1 is 1.17 bits per heavy atom. The van der Waals surface area contributed by atoms with E-state index in [0.717, 1.165) is 6.54 Å². The Hall–Kier alpha value is -0.810. The Kier molecular flexibility index (Phi) is 8.34. The van der Waals surface area contributed by atoms with Crippen LogP contribution in [0, 0.1) is 0 Å². The normalized spacial score (nSPS) is 18.0. The highest BCUT2D eigenvalue weighted by Crippen LogP contribution is 2.23. The molecule has 136 valence electrons. The van der Waals surface area contributed by atoms with Crippen molar-refractivity contribution in [2.45, 2.75) is 83.8 Å². The molecule has 0 saturated carbocycles. The minimum Gasteiger partial charge on any atom is -0.444 e. The van der Waals surface area contributed by atoms with Crippen LogP contribution >= 0.6 is 0 Å². The van der Waals surface area contributed by atoms with Gasteiger partial charge in [0.2, 0.25) is 0 Å². The van der Waals surface area contributed by atoms with Crippen molar-refractivity contribution in [3.63, 3.8) is 0 Å². The summed E-state index contributed by atoms with van der Waals surface area (Å²) < 4.78 is 5.38. The first-order chi connectivity index (χ1) is 10.8. The van der Waals surface area contributed by atoms with E-state index in [2.05, 4.69) is 12.2 Å². The first-order valence-corrected chi connectivity index (χ1v) is 9.17. The van der Waals surface area contributed by atoms with Crippen molar-refractivity contribution in [2.24, 2.45) is 0 Å². The summed E-state index contributed by atoms with van der Waals surface area (Å²) in [6.45, 7) is 10.5. The lowest BCUT2D eigenvalue weighted by molar-refractivity contribution is -0.0308. The number of ether oxygens (including phenoxy) is 1. The van der Waals surface area contributed by atoms with E-state index in [1.165, 1.54) is 32.1 Å². The van der Waals surface area contributed by atoms with Crippen molar-refractivity contribution >= 4 is 6.09 Å². The van der Waals surface area contributed by atoms with E-state index in [1.54, 1.807) is 4.90 Å². The minimum atomic E-state index is -0.693. The number of aliphatic hydroxyl groups is 1. The number of piperidine rings is 1. The van der Waals surface area contributed by atoms with Gasteiger partial charge < -0.3 is 20.1 Å². The van der Waals surface area contributed by atoms with Gasteiger partial charge in [0.1, 0.15) is 5.60 Å². The zero-order valence-electron chi connectivity index (χ0n) is 15.5. The molecule has 1 rings (SSSR count). The second kappa shape index (κ2) is 9.48. The number of likely N-dealkylation sites (tertiary alicyclic amines) is 1. The van der Waals surface area contributed by atoms with E-state index in [0.29, 0.717) is 32.5 Å². The molecule has 0 aliphatic carbocycles. The number of hydrogen-bond donors (Lipinski definition) is 2. The van der Waals surface area contributed by atoms with Crippen LogP contribution in [0.4, 0.5) is 4.79 Å². The maximum atomic E-state index is 12.0. The summed E-state index contributed by atoms with van der Waals surface area (Å²) in [5, 5.41) is 14.0. The van der Waals surface area contributed by atoms with Gasteiger partial charge in [-0.05, 0) is 46.6 Å². The highest BCUT2D eigenvalue weighted by Gasteiger charge is 2.34. The van der Waals surface area contributed by atoms with Gasteiger partial charge in [-0.2, -0.15) is 0 Å². The number of amides is 1. The van der Waals surface area contributed by atoms with E-state index in [4.69, 9.17) is 4.74 Å². The van der Waals surface area contributed by atoms with Crippen LogP contribution in [0.3, 0.4) is 0 Å². The van der Waals surface area contributed by atoms with Gasteiger partial charge in [0.15, 0.2) is 0 Å². The molecular formula is C18H36N2O3. The molecule has 0 aromatic carbocycles. The molecule has 0 aromatic heterocycles. The third-order valence-electron chi connectivity index (χ3n) is 4.26. The fourth-order valence-corrected chi connectivity index (χ4v) is 2.78. The summed E-state index contributed by atoms with van der Waals surface area (Å²) in [6.07, 6.45) is 7.23. The molecule has 5 heteroatoms. The minimum absolute atomic E-state index is 0.275. The van der Waals surface area contributed by atoms with Gasteiger partial charge in [0.05, 0.1) is 5.60 Å². The highest BCUT2D eigenvalue weighted by molar-refractivity contribution is 5.68. The fraction of sp³-hybridized carbons (Fsp3) is 0.944. The number of nitrogens with one attached hydrogen (secondary N) is 1. The lowest BCUT2D eigenvalue weighted by Crippen LogP contribution is -2.52. The summed E-state index contributed by atoms with van der Waals surface area (Å²) >= 11 is 0. The Bertz CT molecular complexity index is 345. The SMILES string of the molecule is CCCCCCCNCC1(O)CCN(C(=O)OC(C)(C)C)CC1. The van der Waals surface area contributed by atoms with Crippen LogP contribution in [-0.2, 0) is 4.74 Å². The number of carbonyl (C=O) groups is 1. The predicted octanol–water partition coefficient (Wildman–Crippen LogP) is 3.31. The third-order valence-corrected chi connectivity index (χ3v) is 4.26. The van der Waals surface area contributed by atoms with Gasteiger partial charge in [0, 0.05) is 19.6 Å². The molecular weight excluding hydrogens is 292 g/mol. The second-order valence-corrected chi connectivity index (χ2v) is 7.78. The monoisotopic (exact) mass is 328 g/mol. The highest BCUT2D eigenvalue weighted by atomic mass is 16.6. The first kappa shape index (κ1) is 20.2. The number of hydrogen-bond acceptors (Lipinski definition) is 4. The van der Waals surface area contributed by atoms with Crippen molar-refractivity contribution in [2.75, 3.05) is 26.2 Å². The standard InChI is InChI=1S/C18H36N2O3/c1-5-6-7-8-9-12-19-15-18(22)10-13-20(14-11-18)16(21)23-17(2,3)4/h19,22H,5-15H2,1-4H3. The summed E-state index contributed by atoms with van der Waals surface area (Å²) in [6, 6.07) is 0. The van der Waals surface area contributed by atoms with Gasteiger partial charge in [-0.3, -0.25) is 0 Å². The van der Waals surface area contributed by atoms with E-state index in [1.807, 2.05) is 20.8 Å². The molecule has 1 amide bonds. The Labute approximate surface area is 141 Å². The van der Waals surface area contributed by atoms with Crippen LogP contribution in [-0.4, -0.2) is 53.5 Å². The number of rotatable bonds is 8. The zero-order chi connectivity index (χ0) is 17.3. The maximum absolute atomic E-state index is 12.0. The van der Waals surface area contributed by atoms with Crippen LogP contribution in [0.25, 0.3) is 0 Å². The van der Waals surface area contributed by atoms with Crippen molar-refractivity contribution in [3.8, 4) is 0 Å². The Morgan fingerprint density at radius 3 is 2.35 bits per heavy atom. The van der Waals surface area contributed by atoms with Crippen molar-refractivity contribution in [3.05, 3.63) is 0 Å². The van der Waals surface area contributed by atoms with E-state index >= 15 is 0 Å². The van der Waals surface area contributed by atoms with Gasteiger partial charge >= 0.3 is 6.09 Å². The zero-order valence-corrected chi connectivity index (χ0v) is 15.5. The van der Waals surface area contributed by atoms with Gasteiger partial charge in [-0.15, -0.1) is 0 Å². The van der Waals surface area contributed by atoms with Crippen molar-refractivity contribution in [1.29, 1.82) is 0 Å². The smallest absolute Gasteiger partial charge is 0.410 e. The largest absolute Gasteiger partial charge is 0.444 e. The molecule has 2 N–H and O–H groups in total. The molecule has 5 nitrogen and oxygen atoms in total. The summed E-state index contributed by atoms with van der Waals surface area (Å²) in [5.74, 6) is 0. The summed E-state index contributed by atoms with van der Waals surface area (Å²) in [4.78, 5) is 13.7. The quantitative estimate of drug-likeness (QED) is 0.671. The summed E-state index contributed by atoms with van der Waals surface area (Å²) in [5.41, 5.74) is -1.16. The molecule has 1 aliphatic heterocycles. The van der Waals surface area contributed by atoms with Crippen LogP contribution in [0.2, 0.25) is 0 Å². The molecule has 0 radical (unpaired) electrons. The molecule has 1 saturated heterocycles. The number of nitrogens with zero attached hydrogens (tertiary/aromatic N) is 1. The molecule has 23 heavy (non-hydrogen) atoms. The summed E-state index contributed by atoms with van der Waals surface area (Å²) in [7, 11) is 0. The average molecular weight is 328 g/mol. The number of carbonyl (C=O) groups excluding carboxylic acids is 1. The van der Waals surface area contributed by atoms with E-state index < -0.39 is 11.2 Å². The van der Waals surface area contributed by atoms with Crippen LogP contribution < -0.4 is 5.32 Å². The fourth-order valence-electron chi connectivity index (χ4n) is 2.78. The molecule has 0 spiro atoms. The average Bonchev–Trinajstić information content (AvgIpc) is 2.45. The van der Waals surface area contributed by atoms with Crippen molar-refractivity contribution < 1.29 is 14.6 Å². The molecule has 0 atom stereocenters. The molecule has 1 aliphatic rings. The van der Waals surface area contributed by atoms with Gasteiger partial charge in [0.25, 0.3) is 0 Å². The van der Waals surface area contributed by atoms with Crippen LogP contribution in [0.1, 0.15) is 72.6 Å². The van der Waals surface area contributed by atoms with Crippen molar-refractivity contribution in [1.82, 2.24) is 10.2 Å². The Balaban J connectivity index is 2.19. The topological polar surface area (TPSA) is 61.8 Å². The predicted molar refractivity (Wildman–Crippen MR) is 93.6 cm³/mol. The molecule has 0 bridgehead atoms. The van der Waals surface area contributed by atoms with Gasteiger partial charge in [-0.1, -0.05) is 32.6 Å². The lowest BCUT2D eigenvalue weighted by atomic mass is 9.91. The van der Waals surface area contributed by atoms with Gasteiger partial charge in [-0.25, -0.2) is 4.79 Å². The number of unbranched alkanes of at least 4 members (excludes halogenated alkanes) is 4.